The lowest BCUT2D eigenvalue weighted by Crippen LogP contribution is -2.14. The minimum Gasteiger partial charge on any atom is -0.402 e. The number of thioether (sulfide) groups is 1. The average Bonchev–Trinajstić information content (AvgIpc) is 3.29. The summed E-state index contributed by atoms with van der Waals surface area (Å²) in [6, 6.07) is 26.1. The van der Waals surface area contributed by atoms with E-state index in [-0.39, 0.29) is 0 Å². The van der Waals surface area contributed by atoms with Gasteiger partial charge in [-0.05, 0) is 35.4 Å². The Morgan fingerprint density at radius 2 is 1.54 bits per heavy atom. The van der Waals surface area contributed by atoms with Gasteiger partial charge in [0.05, 0.1) is 5.69 Å². The molecule has 0 amide bonds. The van der Waals surface area contributed by atoms with E-state index < -0.39 is 5.97 Å². The van der Waals surface area contributed by atoms with E-state index in [1.165, 1.54) is 0 Å². The number of hydrogen-bond acceptors (Lipinski definition) is 5. The van der Waals surface area contributed by atoms with Crippen molar-refractivity contribution in [1.29, 1.82) is 0 Å². The Hall–Kier alpha value is -3.31. The van der Waals surface area contributed by atoms with Crippen molar-refractivity contribution in [3.63, 3.8) is 0 Å². The van der Waals surface area contributed by atoms with Gasteiger partial charge in [-0.3, -0.25) is 0 Å². The summed E-state index contributed by atoms with van der Waals surface area (Å²) >= 11 is 1.54. The van der Waals surface area contributed by atoms with Crippen molar-refractivity contribution < 1.29 is 9.53 Å². The predicted molar refractivity (Wildman–Crippen MR) is 112 cm³/mol. The molecule has 0 atom stereocenters. The first-order chi connectivity index (χ1) is 13.7. The van der Waals surface area contributed by atoms with Gasteiger partial charge in [-0.2, -0.15) is 0 Å². The van der Waals surface area contributed by atoms with Crippen LogP contribution in [0.3, 0.4) is 0 Å². The highest BCUT2D eigenvalue weighted by Crippen LogP contribution is 2.48. The third-order valence-electron chi connectivity index (χ3n) is 4.76. The molecule has 3 aromatic rings. The Balaban J connectivity index is 1.53. The summed E-state index contributed by atoms with van der Waals surface area (Å²) < 4.78 is 5.43. The molecule has 2 aliphatic rings. The second kappa shape index (κ2) is 6.69. The molecule has 0 N–H and O–H groups in total. The number of cyclic esters (lactones) is 1. The summed E-state index contributed by atoms with van der Waals surface area (Å²) in [5.41, 5.74) is 4.50. The van der Waals surface area contributed by atoms with Crippen LogP contribution in [0, 0.1) is 0 Å². The van der Waals surface area contributed by atoms with Gasteiger partial charge in [0.25, 0.3) is 0 Å². The van der Waals surface area contributed by atoms with E-state index in [1.807, 2.05) is 60.5 Å². The topological polar surface area (TPSA) is 41.9 Å². The molecule has 0 saturated heterocycles. The Labute approximate surface area is 167 Å². The van der Waals surface area contributed by atoms with Gasteiger partial charge in [0.15, 0.2) is 5.70 Å². The summed E-state index contributed by atoms with van der Waals surface area (Å²) in [6.45, 7) is 0. The second-order valence-electron chi connectivity index (χ2n) is 6.54. The van der Waals surface area contributed by atoms with Crippen molar-refractivity contribution in [3.8, 4) is 11.1 Å². The zero-order chi connectivity index (χ0) is 19.1. The molecule has 0 saturated carbocycles. The van der Waals surface area contributed by atoms with Gasteiger partial charge in [-0.1, -0.05) is 66.4 Å². The van der Waals surface area contributed by atoms with Crippen LogP contribution in [0.25, 0.3) is 11.1 Å². The Morgan fingerprint density at radius 3 is 2.25 bits per heavy atom. The zero-order valence-corrected chi connectivity index (χ0v) is 15.9. The van der Waals surface area contributed by atoms with Crippen LogP contribution in [0.15, 0.2) is 99.5 Å². The van der Waals surface area contributed by atoms with Crippen molar-refractivity contribution in [2.45, 2.75) is 4.90 Å². The fourth-order valence-electron chi connectivity index (χ4n) is 3.31. The summed E-state index contributed by atoms with van der Waals surface area (Å²) in [5, 5.41) is 0.788. The van der Waals surface area contributed by atoms with Crippen LogP contribution >= 0.6 is 11.8 Å². The number of fused-ring (bicyclic) bond motifs is 1. The lowest BCUT2D eigenvalue weighted by molar-refractivity contribution is -0.130. The summed E-state index contributed by atoms with van der Waals surface area (Å²) in [7, 11) is 1.96. The van der Waals surface area contributed by atoms with Crippen LogP contribution in [-0.2, 0) is 9.53 Å². The molecule has 0 aliphatic carbocycles. The number of hydrogen-bond donors (Lipinski definition) is 0. The van der Waals surface area contributed by atoms with Crippen LogP contribution < -0.4 is 4.90 Å². The zero-order valence-electron chi connectivity index (χ0n) is 15.1. The fourth-order valence-corrected chi connectivity index (χ4v) is 4.42. The van der Waals surface area contributed by atoms with Crippen molar-refractivity contribution in [1.82, 2.24) is 0 Å². The van der Waals surface area contributed by atoms with Gasteiger partial charge < -0.3 is 9.64 Å². The molecule has 0 aromatic heterocycles. The van der Waals surface area contributed by atoms with Crippen LogP contribution in [0.2, 0.25) is 0 Å². The number of rotatable bonds is 2. The smallest absolute Gasteiger partial charge is 0.366 e. The molecule has 2 heterocycles. The fraction of sp³-hybridized carbons (Fsp3) is 0.0435. The molecule has 5 heteroatoms. The molecule has 3 aromatic carbocycles. The van der Waals surface area contributed by atoms with Gasteiger partial charge in [0.2, 0.25) is 5.90 Å². The van der Waals surface area contributed by atoms with Crippen molar-refractivity contribution in [2.24, 2.45) is 4.99 Å². The number of benzene rings is 3. The van der Waals surface area contributed by atoms with Crippen LogP contribution in [0.4, 0.5) is 5.69 Å². The summed E-state index contributed by atoms with van der Waals surface area (Å²) in [5.74, 6) is -0.0627. The number of nitrogens with zero attached hydrogens (tertiary/aromatic N) is 2. The molecule has 136 valence electrons. The van der Waals surface area contributed by atoms with Gasteiger partial charge in [0.1, 0.15) is 5.03 Å². The highest BCUT2D eigenvalue weighted by atomic mass is 32.2. The molecule has 5 rings (SSSR count). The molecule has 4 nitrogen and oxygen atoms in total. The SMILES string of the molecule is CN1C(=C2N=C(c3ccccc3)OC2=O)Sc2ccc(-c3ccccc3)cc21. The van der Waals surface area contributed by atoms with Crippen LogP contribution in [-0.4, -0.2) is 18.9 Å². The first-order valence-electron chi connectivity index (χ1n) is 8.92. The molecule has 28 heavy (non-hydrogen) atoms. The molecule has 0 fully saturated rings. The Bertz CT molecular complexity index is 1140. The first-order valence-corrected chi connectivity index (χ1v) is 9.74. The maximum atomic E-state index is 12.5. The van der Waals surface area contributed by atoms with Crippen molar-refractivity contribution in [2.75, 3.05) is 11.9 Å². The average molecular weight is 384 g/mol. The third kappa shape index (κ3) is 2.80. The van der Waals surface area contributed by atoms with Gasteiger partial charge in [0, 0.05) is 17.5 Å². The van der Waals surface area contributed by atoms with Gasteiger partial charge in [-0.15, -0.1) is 0 Å². The maximum Gasteiger partial charge on any atom is 0.366 e. The van der Waals surface area contributed by atoms with E-state index >= 15 is 0 Å². The normalized spacial score (nSPS) is 18.1. The minimum absolute atomic E-state index is 0.350. The van der Waals surface area contributed by atoms with Crippen molar-refractivity contribution in [3.05, 3.63) is 95.2 Å². The highest BCUT2D eigenvalue weighted by molar-refractivity contribution is 8.03. The lowest BCUT2D eigenvalue weighted by atomic mass is 10.1. The van der Waals surface area contributed by atoms with E-state index in [9.17, 15) is 4.79 Å². The number of carbonyl (C=O) groups is 1. The molecule has 0 unspecified atom stereocenters. The van der Waals surface area contributed by atoms with E-state index in [1.54, 1.807) is 11.8 Å². The minimum atomic E-state index is -0.413. The molecular weight excluding hydrogens is 368 g/mol. The number of ether oxygens (including phenoxy) is 1. The molecular formula is C23H16N2O2S. The molecule has 0 bridgehead atoms. The van der Waals surface area contributed by atoms with Gasteiger partial charge in [-0.25, -0.2) is 9.79 Å². The maximum absolute atomic E-state index is 12.5. The highest BCUT2D eigenvalue weighted by Gasteiger charge is 2.33. The van der Waals surface area contributed by atoms with Crippen LogP contribution in [0.1, 0.15) is 5.56 Å². The second-order valence-corrected chi connectivity index (χ2v) is 7.57. The number of carbonyl (C=O) groups excluding carboxylic acids is 1. The molecule has 0 spiro atoms. The number of aliphatic imine (C=N–C) groups is 1. The Kier molecular flexibility index (Phi) is 4.02. The molecule has 0 radical (unpaired) electrons. The summed E-state index contributed by atoms with van der Waals surface area (Å²) in [4.78, 5) is 20.1. The van der Waals surface area contributed by atoms with Crippen molar-refractivity contribution >= 4 is 29.3 Å². The summed E-state index contributed by atoms with van der Waals surface area (Å²) in [6.07, 6.45) is 0. The van der Waals surface area contributed by atoms with E-state index in [0.717, 1.165) is 32.3 Å². The van der Waals surface area contributed by atoms with E-state index in [0.29, 0.717) is 11.6 Å². The largest absolute Gasteiger partial charge is 0.402 e. The number of anilines is 1. The standard InChI is InChI=1S/C23H16N2O2S/c1-25-18-14-17(15-8-4-2-5-9-15)12-13-19(18)28-22(25)20-23(26)27-21(24-20)16-10-6-3-7-11-16/h2-14H,1H3. The van der Waals surface area contributed by atoms with E-state index in [2.05, 4.69) is 35.3 Å². The van der Waals surface area contributed by atoms with Crippen LogP contribution in [0.5, 0.6) is 0 Å². The van der Waals surface area contributed by atoms with E-state index in [4.69, 9.17) is 4.74 Å². The monoisotopic (exact) mass is 384 g/mol. The quantitative estimate of drug-likeness (QED) is 0.457. The lowest BCUT2D eigenvalue weighted by Gasteiger charge is -2.14. The first kappa shape index (κ1) is 16.8. The third-order valence-corrected chi connectivity index (χ3v) is 5.98. The number of esters is 1. The Morgan fingerprint density at radius 1 is 0.857 bits per heavy atom. The molecule has 2 aliphatic heterocycles. The predicted octanol–water partition coefficient (Wildman–Crippen LogP) is 5.07. The van der Waals surface area contributed by atoms with Gasteiger partial charge >= 0.3 is 5.97 Å².